The van der Waals surface area contributed by atoms with Crippen molar-refractivity contribution in [1.82, 2.24) is 0 Å². The van der Waals surface area contributed by atoms with E-state index >= 15 is 0 Å². The van der Waals surface area contributed by atoms with E-state index in [1.807, 2.05) is 13.8 Å². The molecule has 4 amide bonds. The van der Waals surface area contributed by atoms with Crippen LogP contribution in [-0.4, -0.2) is 23.6 Å². The minimum Gasteiger partial charge on any atom is -0.326 e. The molecule has 0 unspecified atom stereocenters. The molecule has 0 aromatic heterocycles. The lowest BCUT2D eigenvalue weighted by atomic mass is 9.81. The Hall–Kier alpha value is -3.68. The van der Waals surface area contributed by atoms with Gasteiger partial charge >= 0.3 is 0 Å². The summed E-state index contributed by atoms with van der Waals surface area (Å²) in [5, 5.41) is 11.5. The van der Waals surface area contributed by atoms with Crippen LogP contribution in [0.2, 0.25) is 0 Å². The van der Waals surface area contributed by atoms with Crippen molar-refractivity contribution in [3.8, 4) is 0 Å². The number of nitrogens with one attached hydrogen (secondary N) is 4. The second-order valence-electron chi connectivity index (χ2n) is 9.28. The summed E-state index contributed by atoms with van der Waals surface area (Å²) in [6.45, 7) is 3.91. The van der Waals surface area contributed by atoms with E-state index in [-0.39, 0.29) is 35.5 Å². The van der Waals surface area contributed by atoms with Gasteiger partial charge in [0.05, 0.1) is 0 Å². The van der Waals surface area contributed by atoms with Crippen molar-refractivity contribution in [3.63, 3.8) is 0 Å². The SMILES string of the molecule is CCCC(=O)Nc1ccc(NC(=O)C2CCC(C(=O)Nc3ccc(NC(=O)CCC)cc3)CC2)cc1. The summed E-state index contributed by atoms with van der Waals surface area (Å²) in [4.78, 5) is 48.8. The van der Waals surface area contributed by atoms with Crippen LogP contribution >= 0.6 is 0 Å². The number of hydrogen-bond donors (Lipinski definition) is 4. The molecule has 0 radical (unpaired) electrons. The fraction of sp³-hybridized carbons (Fsp3) is 0.429. The van der Waals surface area contributed by atoms with Crippen LogP contribution in [0.15, 0.2) is 48.5 Å². The average Bonchev–Trinajstić information content (AvgIpc) is 2.87. The van der Waals surface area contributed by atoms with Crippen molar-refractivity contribution in [1.29, 1.82) is 0 Å². The molecule has 36 heavy (non-hydrogen) atoms. The highest BCUT2D eigenvalue weighted by atomic mass is 16.2. The van der Waals surface area contributed by atoms with Gasteiger partial charge in [-0.25, -0.2) is 0 Å². The van der Waals surface area contributed by atoms with Gasteiger partial charge in [-0.3, -0.25) is 19.2 Å². The fourth-order valence-corrected chi connectivity index (χ4v) is 4.28. The highest BCUT2D eigenvalue weighted by molar-refractivity contribution is 5.96. The highest BCUT2D eigenvalue weighted by Crippen LogP contribution is 2.31. The van der Waals surface area contributed by atoms with Gasteiger partial charge in [-0.05, 0) is 87.1 Å². The van der Waals surface area contributed by atoms with Crippen molar-refractivity contribution in [2.75, 3.05) is 21.3 Å². The van der Waals surface area contributed by atoms with Crippen LogP contribution in [0.5, 0.6) is 0 Å². The Balaban J connectivity index is 1.42. The maximum Gasteiger partial charge on any atom is 0.227 e. The molecular formula is C28H36N4O4. The third-order valence-corrected chi connectivity index (χ3v) is 6.30. The number of rotatable bonds is 10. The first-order valence-corrected chi connectivity index (χ1v) is 12.8. The second-order valence-corrected chi connectivity index (χ2v) is 9.28. The lowest BCUT2D eigenvalue weighted by molar-refractivity contribution is -0.125. The molecule has 0 atom stereocenters. The summed E-state index contributed by atoms with van der Waals surface area (Å²) in [6.07, 6.45) is 5.13. The maximum atomic E-state index is 12.7. The van der Waals surface area contributed by atoms with E-state index in [9.17, 15) is 19.2 Å². The van der Waals surface area contributed by atoms with E-state index in [0.29, 0.717) is 61.3 Å². The number of amides is 4. The van der Waals surface area contributed by atoms with Crippen LogP contribution in [0, 0.1) is 11.8 Å². The van der Waals surface area contributed by atoms with Gasteiger partial charge in [0.1, 0.15) is 0 Å². The summed E-state index contributed by atoms with van der Waals surface area (Å²) in [7, 11) is 0. The largest absolute Gasteiger partial charge is 0.326 e. The van der Waals surface area contributed by atoms with Gasteiger partial charge in [0.25, 0.3) is 0 Å². The average molecular weight is 493 g/mol. The molecule has 0 bridgehead atoms. The van der Waals surface area contributed by atoms with Crippen LogP contribution in [0.3, 0.4) is 0 Å². The standard InChI is InChI=1S/C28H36N4O4/c1-3-5-25(33)29-21-11-15-23(16-12-21)31-27(35)19-7-9-20(10-8-19)28(36)32-24-17-13-22(14-18-24)30-26(34)6-4-2/h11-20H,3-10H2,1-2H3,(H,29,33)(H,30,34)(H,31,35)(H,32,36). The molecule has 0 saturated heterocycles. The number of anilines is 4. The van der Waals surface area contributed by atoms with Crippen LogP contribution in [0.1, 0.15) is 65.2 Å². The molecule has 8 heteroatoms. The zero-order chi connectivity index (χ0) is 25.9. The van der Waals surface area contributed by atoms with E-state index in [4.69, 9.17) is 0 Å². The number of hydrogen-bond acceptors (Lipinski definition) is 4. The van der Waals surface area contributed by atoms with Gasteiger partial charge in [0.15, 0.2) is 0 Å². The maximum absolute atomic E-state index is 12.7. The molecule has 192 valence electrons. The monoisotopic (exact) mass is 492 g/mol. The molecule has 1 aliphatic rings. The predicted molar refractivity (Wildman–Crippen MR) is 143 cm³/mol. The second kappa shape index (κ2) is 13.4. The molecule has 3 rings (SSSR count). The summed E-state index contributed by atoms with van der Waals surface area (Å²) in [6, 6.07) is 14.2. The Kier molecular flexibility index (Phi) is 10.0. The molecular weight excluding hydrogens is 456 g/mol. The first-order chi connectivity index (χ1) is 17.4. The van der Waals surface area contributed by atoms with Crippen molar-refractivity contribution in [3.05, 3.63) is 48.5 Å². The molecule has 0 heterocycles. The summed E-state index contributed by atoms with van der Waals surface area (Å²) in [5.41, 5.74) is 2.77. The lowest BCUT2D eigenvalue weighted by Crippen LogP contribution is -2.32. The van der Waals surface area contributed by atoms with E-state index in [1.165, 1.54) is 0 Å². The van der Waals surface area contributed by atoms with Crippen molar-refractivity contribution < 1.29 is 19.2 Å². The lowest BCUT2D eigenvalue weighted by Gasteiger charge is -2.27. The van der Waals surface area contributed by atoms with Gasteiger partial charge in [-0.2, -0.15) is 0 Å². The van der Waals surface area contributed by atoms with E-state index in [0.717, 1.165) is 12.8 Å². The smallest absolute Gasteiger partial charge is 0.227 e. The van der Waals surface area contributed by atoms with Gasteiger partial charge < -0.3 is 21.3 Å². The van der Waals surface area contributed by atoms with Crippen LogP contribution in [0.4, 0.5) is 22.7 Å². The topological polar surface area (TPSA) is 116 Å². The molecule has 2 aromatic carbocycles. The molecule has 1 aliphatic carbocycles. The zero-order valence-corrected chi connectivity index (χ0v) is 21.1. The Morgan fingerprint density at radius 2 is 0.833 bits per heavy atom. The van der Waals surface area contributed by atoms with Gasteiger partial charge in [0, 0.05) is 47.4 Å². The summed E-state index contributed by atoms with van der Waals surface area (Å²) in [5.74, 6) is -0.409. The van der Waals surface area contributed by atoms with Gasteiger partial charge in [-0.1, -0.05) is 13.8 Å². The summed E-state index contributed by atoms with van der Waals surface area (Å²) >= 11 is 0. The van der Waals surface area contributed by atoms with Crippen LogP contribution in [0.25, 0.3) is 0 Å². The molecule has 1 saturated carbocycles. The molecule has 2 aromatic rings. The first kappa shape index (κ1) is 26.9. The Bertz CT molecular complexity index is 957. The van der Waals surface area contributed by atoms with Crippen molar-refractivity contribution in [2.24, 2.45) is 11.8 Å². The number of benzene rings is 2. The van der Waals surface area contributed by atoms with Crippen molar-refractivity contribution in [2.45, 2.75) is 65.2 Å². The Morgan fingerprint density at radius 3 is 1.11 bits per heavy atom. The van der Waals surface area contributed by atoms with Gasteiger partial charge in [0.2, 0.25) is 23.6 Å². The number of carbonyl (C=O) groups excluding carboxylic acids is 4. The Labute approximate surface area is 212 Å². The molecule has 0 aliphatic heterocycles. The molecule has 8 nitrogen and oxygen atoms in total. The quantitative estimate of drug-likeness (QED) is 0.348. The first-order valence-electron chi connectivity index (χ1n) is 12.8. The van der Waals surface area contributed by atoms with Crippen LogP contribution in [-0.2, 0) is 19.2 Å². The van der Waals surface area contributed by atoms with E-state index in [2.05, 4.69) is 21.3 Å². The minimum absolute atomic E-state index is 0.0250. The Morgan fingerprint density at radius 1 is 0.556 bits per heavy atom. The van der Waals surface area contributed by atoms with E-state index in [1.54, 1.807) is 48.5 Å². The summed E-state index contributed by atoms with van der Waals surface area (Å²) < 4.78 is 0. The molecule has 4 N–H and O–H groups in total. The van der Waals surface area contributed by atoms with Crippen molar-refractivity contribution >= 4 is 46.4 Å². The van der Waals surface area contributed by atoms with Crippen LogP contribution < -0.4 is 21.3 Å². The minimum atomic E-state index is -0.135. The third kappa shape index (κ3) is 8.22. The van der Waals surface area contributed by atoms with Gasteiger partial charge in [-0.15, -0.1) is 0 Å². The van der Waals surface area contributed by atoms with E-state index < -0.39 is 0 Å². The normalized spacial score (nSPS) is 17.1. The highest BCUT2D eigenvalue weighted by Gasteiger charge is 2.30. The predicted octanol–water partition coefficient (Wildman–Crippen LogP) is 5.55. The third-order valence-electron chi connectivity index (χ3n) is 6.30. The number of carbonyl (C=O) groups is 4. The molecule has 0 spiro atoms. The zero-order valence-electron chi connectivity index (χ0n) is 21.1. The fourth-order valence-electron chi connectivity index (χ4n) is 4.28. The molecule has 1 fully saturated rings.